The molecule has 1 saturated carbocycles. The van der Waals surface area contributed by atoms with Gasteiger partial charge in [0.2, 0.25) is 0 Å². The minimum absolute atomic E-state index is 0.0502. The molecular formula is C13H27N3O. The molecule has 100 valence electrons. The van der Waals surface area contributed by atoms with Crippen LogP contribution in [0.3, 0.4) is 0 Å². The highest BCUT2D eigenvalue weighted by atomic mass is 16.2. The number of rotatable bonds is 5. The summed E-state index contributed by atoms with van der Waals surface area (Å²) < 4.78 is 0. The monoisotopic (exact) mass is 241 g/mol. The van der Waals surface area contributed by atoms with Gasteiger partial charge in [-0.1, -0.05) is 19.8 Å². The average Bonchev–Trinajstić information content (AvgIpc) is 2.82. The molecule has 0 aromatic carbocycles. The van der Waals surface area contributed by atoms with E-state index in [1.807, 2.05) is 11.8 Å². The summed E-state index contributed by atoms with van der Waals surface area (Å²) in [6, 6.07) is 0.421. The predicted octanol–water partition coefficient (Wildman–Crippen LogP) is 2.09. The lowest BCUT2D eigenvalue weighted by Crippen LogP contribution is -2.57. The van der Waals surface area contributed by atoms with Crippen molar-refractivity contribution in [2.75, 3.05) is 13.1 Å². The number of amides is 2. The Hall–Kier alpha value is -0.770. The summed E-state index contributed by atoms with van der Waals surface area (Å²) in [6.45, 7) is 7.37. The van der Waals surface area contributed by atoms with Crippen LogP contribution in [-0.4, -0.2) is 35.6 Å². The molecule has 2 amide bonds. The molecule has 1 fully saturated rings. The van der Waals surface area contributed by atoms with Crippen molar-refractivity contribution in [3.63, 3.8) is 0 Å². The van der Waals surface area contributed by atoms with Gasteiger partial charge in [-0.05, 0) is 33.1 Å². The molecule has 0 aliphatic heterocycles. The van der Waals surface area contributed by atoms with Crippen LogP contribution < -0.4 is 11.1 Å². The molecule has 1 aliphatic carbocycles. The summed E-state index contributed by atoms with van der Waals surface area (Å²) in [5.41, 5.74) is 5.59. The van der Waals surface area contributed by atoms with Crippen LogP contribution in [0.25, 0.3) is 0 Å². The number of likely N-dealkylation sites (N-methyl/N-ethyl adjacent to an activating group) is 1. The number of carbonyl (C=O) groups is 1. The van der Waals surface area contributed by atoms with Gasteiger partial charge in [0.25, 0.3) is 0 Å². The third-order valence-electron chi connectivity index (χ3n) is 4.10. The number of nitrogens with one attached hydrogen (secondary N) is 1. The fourth-order valence-corrected chi connectivity index (χ4v) is 2.54. The Bertz CT molecular complexity index is 245. The predicted molar refractivity (Wildman–Crippen MR) is 70.9 cm³/mol. The summed E-state index contributed by atoms with van der Waals surface area (Å²) >= 11 is 0. The van der Waals surface area contributed by atoms with Crippen molar-refractivity contribution in [1.82, 2.24) is 10.2 Å². The lowest BCUT2D eigenvalue weighted by molar-refractivity contribution is 0.126. The molecular weight excluding hydrogens is 214 g/mol. The Balaban J connectivity index is 2.62. The Morgan fingerprint density at radius 2 is 2.00 bits per heavy atom. The van der Waals surface area contributed by atoms with E-state index in [9.17, 15) is 4.79 Å². The van der Waals surface area contributed by atoms with Crippen LogP contribution in [0.4, 0.5) is 4.79 Å². The van der Waals surface area contributed by atoms with Gasteiger partial charge in [-0.15, -0.1) is 0 Å². The van der Waals surface area contributed by atoms with E-state index in [4.69, 9.17) is 5.73 Å². The molecule has 1 aliphatic rings. The van der Waals surface area contributed by atoms with E-state index < -0.39 is 0 Å². The summed E-state index contributed by atoms with van der Waals surface area (Å²) in [7, 11) is 0. The van der Waals surface area contributed by atoms with E-state index in [-0.39, 0.29) is 11.6 Å². The van der Waals surface area contributed by atoms with Crippen molar-refractivity contribution in [1.29, 1.82) is 0 Å². The molecule has 0 saturated heterocycles. The number of nitrogens with two attached hydrogens (primary N) is 1. The molecule has 0 aromatic heterocycles. The fourth-order valence-electron chi connectivity index (χ4n) is 2.54. The summed E-state index contributed by atoms with van der Waals surface area (Å²) in [5, 5.41) is 3.14. The molecule has 0 radical (unpaired) electrons. The van der Waals surface area contributed by atoms with E-state index in [0.29, 0.717) is 19.1 Å². The number of urea groups is 1. The number of hydrogen-bond acceptors (Lipinski definition) is 2. The van der Waals surface area contributed by atoms with Gasteiger partial charge in [0.15, 0.2) is 0 Å². The van der Waals surface area contributed by atoms with Gasteiger partial charge >= 0.3 is 6.03 Å². The van der Waals surface area contributed by atoms with E-state index in [1.54, 1.807) is 0 Å². The minimum Gasteiger partial charge on any atom is -0.335 e. The Kier molecular flexibility index (Phi) is 5.25. The third kappa shape index (κ3) is 3.35. The van der Waals surface area contributed by atoms with Gasteiger partial charge in [0.1, 0.15) is 0 Å². The summed E-state index contributed by atoms with van der Waals surface area (Å²) in [6.07, 6.45) is 5.59. The number of carbonyl (C=O) groups excluding carboxylic acids is 1. The van der Waals surface area contributed by atoms with Crippen molar-refractivity contribution in [2.45, 2.75) is 64.5 Å². The van der Waals surface area contributed by atoms with Crippen molar-refractivity contribution < 1.29 is 4.79 Å². The van der Waals surface area contributed by atoms with Crippen LogP contribution in [0.15, 0.2) is 0 Å². The molecule has 17 heavy (non-hydrogen) atoms. The summed E-state index contributed by atoms with van der Waals surface area (Å²) in [4.78, 5) is 14.1. The van der Waals surface area contributed by atoms with Crippen LogP contribution in [0.1, 0.15) is 52.9 Å². The molecule has 0 aromatic rings. The van der Waals surface area contributed by atoms with Gasteiger partial charge in [-0.25, -0.2) is 4.79 Å². The molecule has 1 atom stereocenters. The molecule has 0 heterocycles. The van der Waals surface area contributed by atoms with E-state index in [2.05, 4.69) is 19.2 Å². The molecule has 0 bridgehead atoms. The maximum absolute atomic E-state index is 12.3. The zero-order chi connectivity index (χ0) is 12.9. The second-order valence-corrected chi connectivity index (χ2v) is 5.23. The SMILES string of the molecule is CCN(C(=O)NC1CCCC1)C(C)(CC)CN. The first kappa shape index (κ1) is 14.3. The normalized spacial score (nSPS) is 20.0. The average molecular weight is 241 g/mol. The van der Waals surface area contributed by atoms with Crippen LogP contribution in [0, 0.1) is 0 Å². The highest BCUT2D eigenvalue weighted by molar-refractivity contribution is 5.75. The second kappa shape index (κ2) is 6.24. The lowest BCUT2D eigenvalue weighted by Gasteiger charge is -2.40. The van der Waals surface area contributed by atoms with Crippen molar-refractivity contribution >= 4 is 6.03 Å². The van der Waals surface area contributed by atoms with Gasteiger partial charge < -0.3 is 16.0 Å². The molecule has 0 spiro atoms. The van der Waals surface area contributed by atoms with Gasteiger partial charge in [-0.3, -0.25) is 0 Å². The largest absolute Gasteiger partial charge is 0.335 e. The van der Waals surface area contributed by atoms with Crippen LogP contribution in [0.5, 0.6) is 0 Å². The molecule has 4 heteroatoms. The van der Waals surface area contributed by atoms with E-state index in [0.717, 1.165) is 19.3 Å². The number of nitrogens with zero attached hydrogens (tertiary/aromatic N) is 1. The van der Waals surface area contributed by atoms with Crippen LogP contribution >= 0.6 is 0 Å². The highest BCUT2D eigenvalue weighted by Gasteiger charge is 2.32. The lowest BCUT2D eigenvalue weighted by atomic mass is 9.97. The van der Waals surface area contributed by atoms with E-state index in [1.165, 1.54) is 12.8 Å². The number of hydrogen-bond donors (Lipinski definition) is 2. The molecule has 1 unspecified atom stereocenters. The zero-order valence-corrected chi connectivity index (χ0v) is 11.5. The zero-order valence-electron chi connectivity index (χ0n) is 11.5. The minimum atomic E-state index is -0.225. The Labute approximate surface area is 105 Å². The first-order valence-electron chi connectivity index (χ1n) is 6.85. The standard InChI is InChI=1S/C13H27N3O/c1-4-13(3,10-14)16(5-2)12(17)15-11-8-6-7-9-11/h11H,4-10,14H2,1-3H3,(H,15,17). The highest BCUT2D eigenvalue weighted by Crippen LogP contribution is 2.21. The second-order valence-electron chi connectivity index (χ2n) is 5.23. The molecule has 3 N–H and O–H groups in total. The van der Waals surface area contributed by atoms with E-state index >= 15 is 0 Å². The molecule has 1 rings (SSSR count). The first-order chi connectivity index (χ1) is 8.07. The third-order valence-corrected chi connectivity index (χ3v) is 4.10. The smallest absolute Gasteiger partial charge is 0.318 e. The van der Waals surface area contributed by atoms with Crippen LogP contribution in [0.2, 0.25) is 0 Å². The maximum Gasteiger partial charge on any atom is 0.318 e. The topological polar surface area (TPSA) is 58.4 Å². The quantitative estimate of drug-likeness (QED) is 0.774. The van der Waals surface area contributed by atoms with Gasteiger partial charge in [-0.2, -0.15) is 0 Å². The van der Waals surface area contributed by atoms with Crippen LogP contribution in [-0.2, 0) is 0 Å². The first-order valence-corrected chi connectivity index (χ1v) is 6.85. The van der Waals surface area contributed by atoms with Crippen molar-refractivity contribution in [3.8, 4) is 0 Å². The van der Waals surface area contributed by atoms with Gasteiger partial charge in [0, 0.05) is 19.1 Å². The summed E-state index contributed by atoms with van der Waals surface area (Å²) in [5.74, 6) is 0. The fraction of sp³-hybridized carbons (Fsp3) is 0.923. The van der Waals surface area contributed by atoms with Gasteiger partial charge in [0.05, 0.1) is 5.54 Å². The Morgan fingerprint density at radius 3 is 2.41 bits per heavy atom. The maximum atomic E-state index is 12.3. The van der Waals surface area contributed by atoms with Crippen molar-refractivity contribution in [2.24, 2.45) is 5.73 Å². The van der Waals surface area contributed by atoms with Crippen molar-refractivity contribution in [3.05, 3.63) is 0 Å². The Morgan fingerprint density at radius 1 is 1.41 bits per heavy atom. The molecule has 4 nitrogen and oxygen atoms in total.